The molecule has 0 heterocycles. The van der Waals surface area contributed by atoms with Gasteiger partial charge >= 0.3 is 0 Å². The third-order valence-electron chi connectivity index (χ3n) is 4.38. The molecule has 1 saturated carbocycles. The molecule has 0 aromatic heterocycles. The van der Waals surface area contributed by atoms with Crippen molar-refractivity contribution in [3.8, 4) is 5.75 Å². The molecule has 1 aliphatic carbocycles. The van der Waals surface area contributed by atoms with Gasteiger partial charge in [-0.05, 0) is 54.3 Å². The number of hydrogen-bond acceptors (Lipinski definition) is 2. The fourth-order valence-corrected chi connectivity index (χ4v) is 3.75. The van der Waals surface area contributed by atoms with E-state index in [9.17, 15) is 10.2 Å². The lowest BCUT2D eigenvalue weighted by atomic mass is 9.85. The molecule has 1 aliphatic rings. The second kappa shape index (κ2) is 6.80. The van der Waals surface area contributed by atoms with Gasteiger partial charge in [-0.2, -0.15) is 0 Å². The van der Waals surface area contributed by atoms with Crippen LogP contribution in [0.4, 0.5) is 0 Å². The highest BCUT2D eigenvalue weighted by molar-refractivity contribution is 9.10. The summed E-state index contributed by atoms with van der Waals surface area (Å²) in [7, 11) is 0. The normalized spacial score (nSPS) is 17.4. The highest BCUT2D eigenvalue weighted by Gasteiger charge is 2.35. The second-order valence-corrected chi connectivity index (χ2v) is 7.84. The van der Waals surface area contributed by atoms with Crippen molar-refractivity contribution in [2.24, 2.45) is 0 Å². The number of hydrogen-bond donors (Lipinski definition) is 2. The van der Waals surface area contributed by atoms with E-state index in [2.05, 4.69) is 31.9 Å². The fraction of sp³-hybridized carbons (Fsp3) is 0.263. The smallest absolute Gasteiger partial charge is 0.123 e. The summed E-state index contributed by atoms with van der Waals surface area (Å²) in [6, 6.07) is 13.4. The largest absolute Gasteiger partial charge is 0.507 e. The van der Waals surface area contributed by atoms with Crippen LogP contribution < -0.4 is 0 Å². The van der Waals surface area contributed by atoms with Crippen LogP contribution in [0.1, 0.15) is 36.8 Å². The zero-order valence-electron chi connectivity index (χ0n) is 12.6. The first-order valence-corrected chi connectivity index (χ1v) is 9.26. The number of benzene rings is 2. The van der Waals surface area contributed by atoms with Crippen LogP contribution >= 0.6 is 31.9 Å². The van der Waals surface area contributed by atoms with Gasteiger partial charge in [0.05, 0.1) is 5.60 Å². The zero-order chi connectivity index (χ0) is 16.4. The Morgan fingerprint density at radius 3 is 2.17 bits per heavy atom. The van der Waals surface area contributed by atoms with Crippen molar-refractivity contribution >= 4 is 43.5 Å². The predicted molar refractivity (Wildman–Crippen MR) is 101 cm³/mol. The van der Waals surface area contributed by atoms with E-state index >= 15 is 0 Å². The minimum Gasteiger partial charge on any atom is -0.507 e. The first-order chi connectivity index (χ1) is 11.0. The Morgan fingerprint density at radius 2 is 1.57 bits per heavy atom. The first kappa shape index (κ1) is 16.7. The Labute approximate surface area is 153 Å². The molecule has 120 valence electrons. The summed E-state index contributed by atoms with van der Waals surface area (Å²) >= 11 is 6.81. The summed E-state index contributed by atoms with van der Waals surface area (Å²) in [5, 5.41) is 21.3. The van der Waals surface area contributed by atoms with E-state index < -0.39 is 5.60 Å². The summed E-state index contributed by atoms with van der Waals surface area (Å²) in [6.07, 6.45) is 5.47. The second-order valence-electron chi connectivity index (χ2n) is 6.01. The molecule has 0 bridgehead atoms. The molecule has 4 heteroatoms. The average molecular weight is 438 g/mol. The molecule has 2 N–H and O–H groups in total. The number of phenolic OH excluding ortho intramolecular Hbond substituents is 1. The monoisotopic (exact) mass is 436 g/mol. The summed E-state index contributed by atoms with van der Waals surface area (Å²) < 4.78 is 1.84. The Morgan fingerprint density at radius 1 is 0.957 bits per heavy atom. The lowest BCUT2D eigenvalue weighted by Crippen LogP contribution is -2.25. The van der Waals surface area contributed by atoms with E-state index in [1.54, 1.807) is 6.07 Å². The van der Waals surface area contributed by atoms with Crippen molar-refractivity contribution in [1.82, 2.24) is 0 Å². The zero-order valence-corrected chi connectivity index (χ0v) is 15.8. The van der Waals surface area contributed by atoms with Crippen LogP contribution in [0.15, 0.2) is 51.4 Å². The van der Waals surface area contributed by atoms with Gasteiger partial charge in [0.2, 0.25) is 0 Å². The summed E-state index contributed by atoms with van der Waals surface area (Å²) in [6.45, 7) is 0. The summed E-state index contributed by atoms with van der Waals surface area (Å²) in [5.41, 5.74) is 1.75. The van der Waals surface area contributed by atoms with Gasteiger partial charge in [-0.25, -0.2) is 0 Å². The van der Waals surface area contributed by atoms with Gasteiger partial charge in [-0.3, -0.25) is 0 Å². The van der Waals surface area contributed by atoms with Gasteiger partial charge in [-0.15, -0.1) is 0 Å². The van der Waals surface area contributed by atoms with Crippen LogP contribution in [0.25, 0.3) is 11.6 Å². The summed E-state index contributed by atoms with van der Waals surface area (Å²) in [5.74, 6) is 0.204. The number of aromatic hydroxyl groups is 1. The van der Waals surface area contributed by atoms with Crippen molar-refractivity contribution in [2.45, 2.75) is 31.3 Å². The Kier molecular flexibility index (Phi) is 4.95. The quantitative estimate of drug-likeness (QED) is 0.599. The molecule has 0 atom stereocenters. The number of halogens is 2. The van der Waals surface area contributed by atoms with Crippen LogP contribution in [0.3, 0.4) is 0 Å². The third kappa shape index (κ3) is 3.70. The Balaban J connectivity index is 2.11. The molecule has 0 amide bonds. The maximum atomic E-state index is 11.1. The van der Waals surface area contributed by atoms with Crippen LogP contribution in [-0.4, -0.2) is 15.8 Å². The molecular formula is C19H18Br2O2. The van der Waals surface area contributed by atoms with Crippen molar-refractivity contribution < 1.29 is 10.2 Å². The van der Waals surface area contributed by atoms with Gasteiger partial charge in [0.25, 0.3) is 0 Å². The Bertz CT molecular complexity index is 730. The van der Waals surface area contributed by atoms with Crippen molar-refractivity contribution in [3.63, 3.8) is 0 Å². The molecule has 2 aromatic carbocycles. The van der Waals surface area contributed by atoms with E-state index in [0.29, 0.717) is 5.56 Å². The molecule has 3 rings (SSSR count). The molecule has 2 nitrogen and oxygen atoms in total. The van der Waals surface area contributed by atoms with Crippen LogP contribution in [-0.2, 0) is 0 Å². The van der Waals surface area contributed by atoms with Gasteiger partial charge in [0, 0.05) is 14.5 Å². The van der Waals surface area contributed by atoms with Crippen LogP contribution in [0, 0.1) is 0 Å². The third-order valence-corrected chi connectivity index (χ3v) is 5.40. The highest BCUT2D eigenvalue weighted by atomic mass is 79.9. The molecule has 0 saturated heterocycles. The van der Waals surface area contributed by atoms with E-state index in [0.717, 1.165) is 45.8 Å². The van der Waals surface area contributed by atoms with E-state index in [1.165, 1.54) is 0 Å². The van der Waals surface area contributed by atoms with E-state index in [1.807, 2.05) is 42.5 Å². The Hall–Kier alpha value is -1.10. The predicted octanol–water partition coefficient (Wildman–Crippen LogP) is 5.76. The van der Waals surface area contributed by atoms with Crippen molar-refractivity contribution in [3.05, 3.63) is 62.5 Å². The lowest BCUT2D eigenvalue weighted by molar-refractivity contribution is 0.111. The average Bonchev–Trinajstić information content (AvgIpc) is 2.95. The molecular weight excluding hydrogens is 420 g/mol. The summed E-state index contributed by atoms with van der Waals surface area (Å²) in [4.78, 5) is 0. The highest BCUT2D eigenvalue weighted by Crippen LogP contribution is 2.42. The maximum absolute atomic E-state index is 11.1. The van der Waals surface area contributed by atoms with Crippen molar-refractivity contribution in [2.75, 3.05) is 0 Å². The van der Waals surface area contributed by atoms with Gasteiger partial charge in [0.15, 0.2) is 0 Å². The fourth-order valence-electron chi connectivity index (χ4n) is 3.14. The van der Waals surface area contributed by atoms with Gasteiger partial charge < -0.3 is 10.2 Å². The number of rotatable bonds is 3. The minimum atomic E-state index is -0.826. The lowest BCUT2D eigenvalue weighted by Gasteiger charge is -2.27. The topological polar surface area (TPSA) is 40.5 Å². The van der Waals surface area contributed by atoms with E-state index in [4.69, 9.17) is 0 Å². The molecule has 0 unspecified atom stereocenters. The number of phenols is 1. The van der Waals surface area contributed by atoms with Crippen LogP contribution in [0.2, 0.25) is 0 Å². The molecule has 1 fully saturated rings. The molecule has 2 aromatic rings. The standard InChI is InChI=1S/C19H18Br2O2/c20-15-6-3-13(4-7-15)17(19(23)9-1-2-10-19)11-14-5-8-16(21)12-18(14)22/h3-8,11-12,22-23H,1-2,9-10H2/b17-11-. The molecule has 0 aliphatic heterocycles. The number of aliphatic hydroxyl groups is 1. The van der Waals surface area contributed by atoms with E-state index in [-0.39, 0.29) is 5.75 Å². The molecule has 0 radical (unpaired) electrons. The minimum absolute atomic E-state index is 0.204. The van der Waals surface area contributed by atoms with Crippen molar-refractivity contribution in [1.29, 1.82) is 0 Å². The van der Waals surface area contributed by atoms with Gasteiger partial charge in [0.1, 0.15) is 5.75 Å². The SMILES string of the molecule is Oc1cc(Br)ccc1/C=C(/c1ccc(Br)cc1)C1(O)CCCC1. The van der Waals surface area contributed by atoms with Gasteiger partial charge in [-0.1, -0.05) is 62.9 Å². The molecule has 0 spiro atoms. The molecule has 23 heavy (non-hydrogen) atoms. The maximum Gasteiger partial charge on any atom is 0.123 e. The first-order valence-electron chi connectivity index (χ1n) is 7.67. The van der Waals surface area contributed by atoms with Crippen LogP contribution in [0.5, 0.6) is 5.75 Å².